The van der Waals surface area contributed by atoms with Gasteiger partial charge in [0.15, 0.2) is 12.1 Å². The second-order valence-corrected chi connectivity index (χ2v) is 5.95. The summed E-state index contributed by atoms with van der Waals surface area (Å²) in [5.41, 5.74) is -0.102. The van der Waals surface area contributed by atoms with Gasteiger partial charge >= 0.3 is 6.18 Å². The first-order valence-corrected chi connectivity index (χ1v) is 6.84. The minimum absolute atomic E-state index is 0.131. The van der Waals surface area contributed by atoms with Crippen LogP contribution in [0.5, 0.6) is 0 Å². The third kappa shape index (κ3) is 2.90. The van der Waals surface area contributed by atoms with E-state index in [-0.39, 0.29) is 11.1 Å². The lowest BCUT2D eigenvalue weighted by atomic mass is 9.98. The number of carbonyl (C=O) groups is 2. The van der Waals surface area contributed by atoms with Gasteiger partial charge in [-0.15, -0.1) is 11.3 Å². The zero-order valence-electron chi connectivity index (χ0n) is 11.2. The van der Waals surface area contributed by atoms with Gasteiger partial charge in [-0.05, 0) is 26.0 Å². The number of thiophene rings is 1. The van der Waals surface area contributed by atoms with Crippen molar-refractivity contribution in [3.05, 3.63) is 56.3 Å². The average molecular weight is 312 g/mol. The van der Waals surface area contributed by atoms with E-state index in [1.54, 1.807) is 13.8 Å². The fourth-order valence-electron chi connectivity index (χ4n) is 2.08. The normalized spacial score (nSPS) is 11.5. The van der Waals surface area contributed by atoms with Crippen LogP contribution in [0, 0.1) is 13.8 Å². The number of ketones is 1. The molecule has 21 heavy (non-hydrogen) atoms. The smallest absolute Gasteiger partial charge is 0.298 e. The molecule has 0 unspecified atom stereocenters. The van der Waals surface area contributed by atoms with Gasteiger partial charge in [0.05, 0.1) is 5.56 Å². The summed E-state index contributed by atoms with van der Waals surface area (Å²) in [6.07, 6.45) is -3.83. The zero-order valence-corrected chi connectivity index (χ0v) is 12.1. The first-order valence-electron chi connectivity index (χ1n) is 6.03. The van der Waals surface area contributed by atoms with E-state index in [9.17, 15) is 22.8 Å². The van der Waals surface area contributed by atoms with Crippen molar-refractivity contribution in [2.45, 2.75) is 20.0 Å². The van der Waals surface area contributed by atoms with Gasteiger partial charge in [0.2, 0.25) is 0 Å². The summed E-state index contributed by atoms with van der Waals surface area (Å²) in [7, 11) is 0. The van der Waals surface area contributed by atoms with Crippen LogP contribution in [0.25, 0.3) is 0 Å². The van der Waals surface area contributed by atoms with Crippen LogP contribution in [0.15, 0.2) is 24.3 Å². The lowest BCUT2D eigenvalue weighted by Crippen LogP contribution is -2.08. The fraction of sp³-hybridized carbons (Fsp3) is 0.200. The minimum Gasteiger partial charge on any atom is -0.298 e. The van der Waals surface area contributed by atoms with Gasteiger partial charge in [-0.1, -0.05) is 12.1 Å². The van der Waals surface area contributed by atoms with Crippen molar-refractivity contribution < 1.29 is 22.8 Å². The number of aldehydes is 1. The summed E-state index contributed by atoms with van der Waals surface area (Å²) in [6.45, 7) is 3.44. The molecule has 0 spiro atoms. The van der Waals surface area contributed by atoms with E-state index in [0.717, 1.165) is 29.1 Å². The summed E-state index contributed by atoms with van der Waals surface area (Å²) < 4.78 is 37.5. The van der Waals surface area contributed by atoms with Crippen molar-refractivity contribution in [3.8, 4) is 0 Å². The predicted octanol–water partition coefficient (Wildman–Crippen LogP) is 4.43. The van der Waals surface area contributed by atoms with E-state index in [1.807, 2.05) is 0 Å². The lowest BCUT2D eigenvalue weighted by molar-refractivity contribution is -0.137. The molecule has 0 aliphatic carbocycles. The summed E-state index contributed by atoms with van der Waals surface area (Å²) >= 11 is 1.32. The Balaban J connectivity index is 2.44. The molecule has 0 aliphatic rings. The Morgan fingerprint density at radius 3 is 2.14 bits per heavy atom. The molecule has 110 valence electrons. The Labute approximate surface area is 123 Å². The van der Waals surface area contributed by atoms with Gasteiger partial charge in [0, 0.05) is 26.4 Å². The van der Waals surface area contributed by atoms with Gasteiger partial charge in [0.25, 0.3) is 0 Å². The SMILES string of the molecule is Cc1sc(C)c(C(=O)c2ccc(C(F)(F)F)cc2)c1C=O. The molecule has 0 saturated heterocycles. The standard InChI is InChI=1S/C15H11F3O2S/c1-8-12(7-19)13(9(2)21-8)14(20)10-3-5-11(6-4-10)15(16,17)18/h3-7H,1-2H3. The third-order valence-electron chi connectivity index (χ3n) is 3.13. The van der Waals surface area contributed by atoms with Crippen LogP contribution in [0.2, 0.25) is 0 Å². The quantitative estimate of drug-likeness (QED) is 0.621. The molecule has 0 fully saturated rings. The summed E-state index contributed by atoms with van der Waals surface area (Å²) in [4.78, 5) is 24.9. The molecule has 1 aromatic heterocycles. The topological polar surface area (TPSA) is 34.1 Å². The van der Waals surface area contributed by atoms with E-state index < -0.39 is 17.5 Å². The van der Waals surface area contributed by atoms with Crippen LogP contribution >= 0.6 is 11.3 Å². The molecular weight excluding hydrogens is 301 g/mol. The molecule has 6 heteroatoms. The monoisotopic (exact) mass is 312 g/mol. The maximum atomic E-state index is 12.5. The number of rotatable bonds is 3. The third-order valence-corrected chi connectivity index (χ3v) is 4.16. The minimum atomic E-state index is -4.44. The van der Waals surface area contributed by atoms with E-state index in [4.69, 9.17) is 0 Å². The van der Waals surface area contributed by atoms with Crippen molar-refractivity contribution in [2.24, 2.45) is 0 Å². The van der Waals surface area contributed by atoms with E-state index in [2.05, 4.69) is 0 Å². The van der Waals surface area contributed by atoms with E-state index >= 15 is 0 Å². The number of hydrogen-bond donors (Lipinski definition) is 0. The molecule has 1 heterocycles. The van der Waals surface area contributed by atoms with Crippen LogP contribution in [0.1, 0.15) is 41.6 Å². The molecule has 0 saturated carbocycles. The van der Waals surface area contributed by atoms with Gasteiger partial charge in [0.1, 0.15) is 0 Å². The number of hydrogen-bond acceptors (Lipinski definition) is 3. The fourth-order valence-corrected chi connectivity index (χ4v) is 3.10. The molecule has 0 aliphatic heterocycles. The largest absolute Gasteiger partial charge is 0.416 e. The maximum absolute atomic E-state index is 12.5. The highest BCUT2D eigenvalue weighted by molar-refractivity contribution is 7.12. The molecule has 2 rings (SSSR count). The van der Waals surface area contributed by atoms with Crippen LogP contribution in [0.3, 0.4) is 0 Å². The van der Waals surface area contributed by atoms with Gasteiger partial charge < -0.3 is 0 Å². The van der Waals surface area contributed by atoms with Crippen LogP contribution in [0.4, 0.5) is 13.2 Å². The maximum Gasteiger partial charge on any atom is 0.416 e. The zero-order chi connectivity index (χ0) is 15.8. The molecule has 2 nitrogen and oxygen atoms in total. The van der Waals surface area contributed by atoms with Crippen molar-refractivity contribution in [3.63, 3.8) is 0 Å². The second-order valence-electron chi connectivity index (χ2n) is 4.53. The van der Waals surface area contributed by atoms with Crippen LogP contribution < -0.4 is 0 Å². The summed E-state index contributed by atoms with van der Waals surface area (Å²) in [5.74, 6) is -0.437. The van der Waals surface area contributed by atoms with Gasteiger partial charge in [-0.2, -0.15) is 13.2 Å². The van der Waals surface area contributed by atoms with Crippen LogP contribution in [-0.2, 0) is 6.18 Å². The second kappa shape index (κ2) is 5.44. The summed E-state index contributed by atoms with van der Waals surface area (Å²) in [5, 5.41) is 0. The first-order chi connectivity index (χ1) is 9.75. The molecule has 0 bridgehead atoms. The highest BCUT2D eigenvalue weighted by atomic mass is 32.1. The number of halogens is 3. The Bertz CT molecular complexity index is 697. The predicted molar refractivity (Wildman–Crippen MR) is 74.1 cm³/mol. The molecule has 0 atom stereocenters. The molecule has 0 N–H and O–H groups in total. The molecular formula is C15H11F3O2S. The number of alkyl halides is 3. The molecule has 0 amide bonds. The van der Waals surface area contributed by atoms with Crippen molar-refractivity contribution >= 4 is 23.4 Å². The van der Waals surface area contributed by atoms with Crippen LogP contribution in [-0.4, -0.2) is 12.1 Å². The van der Waals surface area contributed by atoms with Gasteiger partial charge in [-0.3, -0.25) is 9.59 Å². The van der Waals surface area contributed by atoms with E-state index in [1.165, 1.54) is 11.3 Å². The Kier molecular flexibility index (Phi) is 4.00. The Morgan fingerprint density at radius 1 is 1.10 bits per heavy atom. The number of aryl methyl sites for hydroxylation is 2. The van der Waals surface area contributed by atoms with Gasteiger partial charge in [-0.25, -0.2) is 0 Å². The Morgan fingerprint density at radius 2 is 1.67 bits per heavy atom. The van der Waals surface area contributed by atoms with E-state index in [0.29, 0.717) is 16.7 Å². The number of carbonyl (C=O) groups excluding carboxylic acids is 2. The Hall–Kier alpha value is -1.95. The van der Waals surface area contributed by atoms with Crippen molar-refractivity contribution in [1.82, 2.24) is 0 Å². The van der Waals surface area contributed by atoms with Crippen molar-refractivity contribution in [1.29, 1.82) is 0 Å². The molecule has 1 aromatic carbocycles. The summed E-state index contributed by atoms with van der Waals surface area (Å²) in [6, 6.07) is 3.99. The molecule has 2 aromatic rings. The highest BCUT2D eigenvalue weighted by Crippen LogP contribution is 2.31. The average Bonchev–Trinajstić information content (AvgIpc) is 2.71. The lowest BCUT2D eigenvalue weighted by Gasteiger charge is -2.07. The van der Waals surface area contributed by atoms with Crippen molar-refractivity contribution in [2.75, 3.05) is 0 Å². The highest BCUT2D eigenvalue weighted by Gasteiger charge is 2.30. The number of benzene rings is 1. The first kappa shape index (κ1) is 15.4. The molecule has 0 radical (unpaired) electrons.